The van der Waals surface area contributed by atoms with E-state index in [0.717, 1.165) is 5.75 Å². The van der Waals surface area contributed by atoms with Gasteiger partial charge in [-0.25, -0.2) is 13.4 Å². The van der Waals surface area contributed by atoms with Crippen LogP contribution in [0.4, 0.5) is 5.82 Å². The van der Waals surface area contributed by atoms with Gasteiger partial charge in [-0.2, -0.15) is 11.8 Å². The van der Waals surface area contributed by atoms with Gasteiger partial charge < -0.3 is 10.6 Å². The molecule has 5 nitrogen and oxygen atoms in total. The third-order valence-corrected chi connectivity index (χ3v) is 6.75. The minimum absolute atomic E-state index is 0.129. The molecule has 8 heteroatoms. The van der Waals surface area contributed by atoms with Crippen LogP contribution < -0.4 is 10.6 Å². The topological polar surface area (TPSA) is 76.3 Å². The third kappa shape index (κ3) is 3.24. The Hall–Kier alpha value is -0.860. The number of nitrogens with two attached hydrogens (primary N) is 1. The van der Waals surface area contributed by atoms with Crippen LogP contribution in [0.5, 0.6) is 0 Å². The van der Waals surface area contributed by atoms with Gasteiger partial charge in [-0.1, -0.05) is 19.1 Å². The number of aromatic nitrogens is 1. The van der Waals surface area contributed by atoms with Crippen LogP contribution in [0.25, 0.3) is 0 Å². The van der Waals surface area contributed by atoms with E-state index in [1.807, 2.05) is 4.90 Å². The lowest BCUT2D eigenvalue weighted by Crippen LogP contribution is -2.48. The summed E-state index contributed by atoms with van der Waals surface area (Å²) in [6.07, 6.45) is 1.61. The van der Waals surface area contributed by atoms with E-state index in [0.29, 0.717) is 23.7 Å². The van der Waals surface area contributed by atoms with E-state index in [9.17, 15) is 8.42 Å². The van der Waals surface area contributed by atoms with Gasteiger partial charge in [-0.3, -0.25) is 0 Å². The monoisotopic (exact) mass is 331 g/mol. The molecule has 1 fully saturated rings. The molecular formula is C12H17N3O2S3. The van der Waals surface area contributed by atoms with E-state index >= 15 is 0 Å². The zero-order valence-corrected chi connectivity index (χ0v) is 13.6. The summed E-state index contributed by atoms with van der Waals surface area (Å²) in [5.41, 5.74) is 6.33. The third-order valence-electron chi connectivity index (χ3n) is 3.23. The summed E-state index contributed by atoms with van der Waals surface area (Å²) in [6, 6.07) is 3.49. The van der Waals surface area contributed by atoms with Crippen LogP contribution in [0.15, 0.2) is 18.3 Å². The summed E-state index contributed by atoms with van der Waals surface area (Å²) in [6.45, 7) is 2.33. The molecule has 1 aliphatic heterocycles. The minimum Gasteiger partial charge on any atom is -0.389 e. The van der Waals surface area contributed by atoms with Crippen molar-refractivity contribution >= 4 is 44.6 Å². The number of hydrogen-bond donors (Lipinski definition) is 1. The van der Waals surface area contributed by atoms with Crippen LogP contribution in [0, 0.1) is 0 Å². The largest absolute Gasteiger partial charge is 0.389 e. The van der Waals surface area contributed by atoms with E-state index in [-0.39, 0.29) is 10.7 Å². The molecule has 1 atom stereocenters. The Morgan fingerprint density at radius 1 is 1.65 bits per heavy atom. The molecule has 0 bridgehead atoms. The summed E-state index contributed by atoms with van der Waals surface area (Å²) >= 11 is 6.61. The number of thiocarbonyl (C=S) groups is 1. The standard InChI is InChI=1S/C12H17N3O2S3/c1-2-20(16,17)11-8-19-6-5-15(11)10-7-9(12(13)18)3-4-14-10/h3-4,7,11H,2,5-6,8H2,1H3,(H2,13,18). The van der Waals surface area contributed by atoms with Gasteiger partial charge in [0.1, 0.15) is 16.2 Å². The van der Waals surface area contributed by atoms with Gasteiger partial charge in [0.05, 0.1) is 0 Å². The first-order valence-corrected chi connectivity index (χ1v) is 9.55. The lowest BCUT2D eigenvalue weighted by Gasteiger charge is -2.35. The number of pyridine rings is 1. The van der Waals surface area contributed by atoms with Crippen molar-refractivity contribution in [1.82, 2.24) is 4.98 Å². The highest BCUT2D eigenvalue weighted by Crippen LogP contribution is 2.26. The quantitative estimate of drug-likeness (QED) is 0.826. The molecule has 0 radical (unpaired) electrons. The SMILES string of the molecule is CCS(=O)(=O)C1CSCCN1c1cc(C(N)=S)ccn1. The van der Waals surface area contributed by atoms with Crippen molar-refractivity contribution < 1.29 is 8.42 Å². The van der Waals surface area contributed by atoms with Gasteiger partial charge >= 0.3 is 0 Å². The van der Waals surface area contributed by atoms with Gasteiger partial charge in [0, 0.05) is 35.6 Å². The number of nitrogens with zero attached hydrogens (tertiary/aromatic N) is 2. The van der Waals surface area contributed by atoms with Crippen LogP contribution in [0.3, 0.4) is 0 Å². The van der Waals surface area contributed by atoms with E-state index in [4.69, 9.17) is 18.0 Å². The van der Waals surface area contributed by atoms with Crippen LogP contribution in [-0.4, -0.2) is 47.6 Å². The first-order valence-electron chi connectivity index (χ1n) is 6.27. The zero-order chi connectivity index (χ0) is 14.8. The fourth-order valence-electron chi connectivity index (χ4n) is 2.06. The van der Waals surface area contributed by atoms with E-state index in [1.165, 1.54) is 0 Å². The second kappa shape index (κ2) is 6.28. The molecule has 1 aromatic heterocycles. The second-order valence-electron chi connectivity index (χ2n) is 4.44. The predicted octanol–water partition coefficient (Wildman–Crippen LogP) is 1.03. The van der Waals surface area contributed by atoms with E-state index in [2.05, 4.69) is 4.98 Å². The normalized spacial score (nSPS) is 19.9. The molecule has 1 aliphatic rings. The highest BCUT2D eigenvalue weighted by molar-refractivity contribution is 8.01. The average molecular weight is 331 g/mol. The lowest BCUT2D eigenvalue weighted by molar-refractivity contribution is 0.579. The van der Waals surface area contributed by atoms with Crippen molar-refractivity contribution in [3.63, 3.8) is 0 Å². The Balaban J connectivity index is 2.38. The maximum Gasteiger partial charge on any atom is 0.171 e. The molecule has 110 valence electrons. The van der Waals surface area contributed by atoms with Crippen LogP contribution in [-0.2, 0) is 9.84 Å². The molecule has 2 N–H and O–H groups in total. The smallest absolute Gasteiger partial charge is 0.171 e. The van der Waals surface area contributed by atoms with Gasteiger partial charge in [0.25, 0.3) is 0 Å². The Kier molecular flexibility index (Phi) is 4.87. The molecule has 2 rings (SSSR count). The van der Waals surface area contributed by atoms with Crippen molar-refractivity contribution in [2.45, 2.75) is 12.3 Å². The Labute approximate surface area is 128 Å². The fourth-order valence-corrected chi connectivity index (χ4v) is 5.17. The second-order valence-corrected chi connectivity index (χ2v) is 8.48. The number of anilines is 1. The van der Waals surface area contributed by atoms with Gasteiger partial charge in [0.15, 0.2) is 9.84 Å². The van der Waals surface area contributed by atoms with Crippen LogP contribution >= 0.6 is 24.0 Å². The van der Waals surface area contributed by atoms with E-state index in [1.54, 1.807) is 37.0 Å². The summed E-state index contributed by atoms with van der Waals surface area (Å²) in [7, 11) is -3.15. The Morgan fingerprint density at radius 3 is 3.05 bits per heavy atom. The average Bonchev–Trinajstić information content (AvgIpc) is 2.47. The number of sulfone groups is 1. The first-order chi connectivity index (χ1) is 9.45. The van der Waals surface area contributed by atoms with Gasteiger partial charge in [0.2, 0.25) is 0 Å². The maximum absolute atomic E-state index is 12.2. The fraction of sp³-hybridized carbons (Fsp3) is 0.500. The molecule has 2 heterocycles. The minimum atomic E-state index is -3.15. The molecule has 0 spiro atoms. The van der Waals surface area contributed by atoms with Crippen molar-refractivity contribution in [3.05, 3.63) is 23.9 Å². The summed E-state index contributed by atoms with van der Waals surface area (Å²) in [5, 5.41) is -0.527. The highest BCUT2D eigenvalue weighted by Gasteiger charge is 2.33. The van der Waals surface area contributed by atoms with Crippen molar-refractivity contribution in [2.24, 2.45) is 5.73 Å². The van der Waals surface area contributed by atoms with Crippen molar-refractivity contribution in [3.8, 4) is 0 Å². The molecule has 0 saturated carbocycles. The zero-order valence-electron chi connectivity index (χ0n) is 11.2. The van der Waals surface area contributed by atoms with Crippen LogP contribution in [0.2, 0.25) is 0 Å². The number of hydrogen-bond acceptors (Lipinski definition) is 6. The molecule has 1 aromatic rings. The van der Waals surface area contributed by atoms with Gasteiger partial charge in [-0.05, 0) is 12.1 Å². The maximum atomic E-state index is 12.2. The first kappa shape index (κ1) is 15.5. The van der Waals surface area contributed by atoms with Crippen molar-refractivity contribution in [1.29, 1.82) is 0 Å². The molecule has 20 heavy (non-hydrogen) atoms. The van der Waals surface area contributed by atoms with E-state index < -0.39 is 15.2 Å². The molecule has 0 aromatic carbocycles. The van der Waals surface area contributed by atoms with Gasteiger partial charge in [-0.15, -0.1) is 0 Å². The summed E-state index contributed by atoms with van der Waals surface area (Å²) < 4.78 is 24.4. The highest BCUT2D eigenvalue weighted by atomic mass is 32.2. The summed E-state index contributed by atoms with van der Waals surface area (Å²) in [5.74, 6) is 2.20. The van der Waals surface area contributed by atoms with Crippen molar-refractivity contribution in [2.75, 3.05) is 28.7 Å². The Morgan fingerprint density at radius 2 is 2.40 bits per heavy atom. The summed E-state index contributed by atoms with van der Waals surface area (Å²) in [4.78, 5) is 6.41. The molecular weight excluding hydrogens is 314 g/mol. The molecule has 0 amide bonds. The number of thioether (sulfide) groups is 1. The molecule has 0 aliphatic carbocycles. The molecule has 1 unspecified atom stereocenters. The predicted molar refractivity (Wildman–Crippen MR) is 88.0 cm³/mol. The lowest BCUT2D eigenvalue weighted by atomic mass is 10.2. The van der Waals surface area contributed by atoms with Crippen LogP contribution in [0.1, 0.15) is 12.5 Å². The number of rotatable bonds is 4. The molecule has 1 saturated heterocycles. The Bertz CT molecular complexity index is 604.